The van der Waals surface area contributed by atoms with E-state index in [2.05, 4.69) is 20.4 Å². The molecule has 3 aromatic rings. The van der Waals surface area contributed by atoms with E-state index in [0.29, 0.717) is 29.2 Å². The molecule has 1 amide bonds. The summed E-state index contributed by atoms with van der Waals surface area (Å²) in [5.41, 5.74) is 1.67. The number of carbonyl (C=O) groups excluding carboxylic acids is 1. The molecule has 2 N–H and O–H groups in total. The summed E-state index contributed by atoms with van der Waals surface area (Å²) in [5.74, 6) is 0.656. The lowest BCUT2D eigenvalue weighted by Gasteiger charge is -2.08. The molecule has 0 aliphatic rings. The third-order valence-corrected chi connectivity index (χ3v) is 4.70. The van der Waals surface area contributed by atoms with Crippen LogP contribution in [0.2, 0.25) is 0 Å². The zero-order valence-electron chi connectivity index (χ0n) is 14.3. The second kappa shape index (κ2) is 7.02. The number of aromatic amines is 1. The minimum absolute atomic E-state index is 0.104. The van der Waals surface area contributed by atoms with E-state index < -0.39 is 0 Å². The van der Waals surface area contributed by atoms with Gasteiger partial charge in [0.1, 0.15) is 11.5 Å². The number of nitrogens with zero attached hydrogens (tertiary/aromatic N) is 3. The highest BCUT2D eigenvalue weighted by Crippen LogP contribution is 2.27. The number of rotatable bonds is 5. The lowest BCUT2D eigenvalue weighted by atomic mass is 10.3. The summed E-state index contributed by atoms with van der Waals surface area (Å²) in [5, 5.41) is 9.34. The van der Waals surface area contributed by atoms with E-state index >= 15 is 0 Å². The van der Waals surface area contributed by atoms with Gasteiger partial charge in [-0.25, -0.2) is 4.98 Å². The Morgan fingerprint density at radius 3 is 2.84 bits per heavy atom. The van der Waals surface area contributed by atoms with Gasteiger partial charge in [-0.05, 0) is 31.7 Å². The first-order valence-electron chi connectivity index (χ1n) is 8.01. The topological polar surface area (TPSA) is 92.7 Å². The molecular weight excluding hydrogens is 338 g/mol. The van der Waals surface area contributed by atoms with Crippen LogP contribution in [0.25, 0.3) is 16.5 Å². The summed E-state index contributed by atoms with van der Waals surface area (Å²) >= 11 is 1.55. The van der Waals surface area contributed by atoms with Crippen molar-refractivity contribution in [2.45, 2.75) is 33.6 Å². The molecule has 0 spiro atoms. The SMILES string of the molecule is CCCC(=O)Nc1cc(-c2cccs2)nn1-c1nc(C)c(C)c(=O)[nH]1. The minimum Gasteiger partial charge on any atom is -0.310 e. The van der Waals surface area contributed by atoms with Crippen molar-refractivity contribution in [2.24, 2.45) is 0 Å². The maximum absolute atomic E-state index is 12.1. The van der Waals surface area contributed by atoms with Crippen molar-refractivity contribution >= 4 is 23.1 Å². The number of H-pyrrole nitrogens is 1. The standard InChI is InChI=1S/C17H19N5O2S/c1-4-6-15(23)19-14-9-12(13-7-5-8-25-13)21-22(14)17-18-11(3)10(2)16(24)20-17/h5,7-9H,4,6H2,1-3H3,(H,19,23)(H,18,20,24). The molecule has 0 saturated carbocycles. The fourth-order valence-electron chi connectivity index (χ4n) is 2.34. The van der Waals surface area contributed by atoms with Crippen LogP contribution in [0, 0.1) is 13.8 Å². The lowest BCUT2D eigenvalue weighted by Crippen LogP contribution is -2.20. The number of anilines is 1. The summed E-state index contributed by atoms with van der Waals surface area (Å²) in [6.45, 7) is 5.43. The van der Waals surface area contributed by atoms with E-state index in [9.17, 15) is 9.59 Å². The maximum Gasteiger partial charge on any atom is 0.255 e. The first kappa shape index (κ1) is 17.1. The van der Waals surface area contributed by atoms with Gasteiger partial charge in [-0.3, -0.25) is 14.6 Å². The Labute approximate surface area is 148 Å². The molecule has 0 saturated heterocycles. The summed E-state index contributed by atoms with van der Waals surface area (Å²) < 4.78 is 1.47. The summed E-state index contributed by atoms with van der Waals surface area (Å²) in [6, 6.07) is 5.67. The van der Waals surface area contributed by atoms with E-state index in [4.69, 9.17) is 0 Å². The van der Waals surface area contributed by atoms with Gasteiger partial charge in [0.25, 0.3) is 5.56 Å². The number of amides is 1. The van der Waals surface area contributed by atoms with Crippen molar-refractivity contribution in [1.82, 2.24) is 19.7 Å². The van der Waals surface area contributed by atoms with Gasteiger partial charge >= 0.3 is 0 Å². The molecule has 25 heavy (non-hydrogen) atoms. The Hall–Kier alpha value is -2.74. The van der Waals surface area contributed by atoms with Crippen molar-refractivity contribution in [3.63, 3.8) is 0 Å². The molecule has 0 unspecified atom stereocenters. The predicted octanol–water partition coefficient (Wildman–Crippen LogP) is 3.04. The highest BCUT2D eigenvalue weighted by Gasteiger charge is 2.16. The number of aromatic nitrogens is 4. The number of hydrogen-bond acceptors (Lipinski definition) is 5. The van der Waals surface area contributed by atoms with Crippen LogP contribution in [0.3, 0.4) is 0 Å². The smallest absolute Gasteiger partial charge is 0.255 e. The fraction of sp³-hybridized carbons (Fsp3) is 0.294. The van der Waals surface area contributed by atoms with E-state index in [-0.39, 0.29) is 17.4 Å². The highest BCUT2D eigenvalue weighted by molar-refractivity contribution is 7.13. The normalized spacial score (nSPS) is 10.8. The monoisotopic (exact) mass is 357 g/mol. The zero-order chi connectivity index (χ0) is 18.0. The van der Waals surface area contributed by atoms with E-state index in [1.807, 2.05) is 24.4 Å². The van der Waals surface area contributed by atoms with Crippen LogP contribution in [0.1, 0.15) is 31.0 Å². The van der Waals surface area contributed by atoms with Gasteiger partial charge in [-0.15, -0.1) is 11.3 Å². The number of hydrogen-bond donors (Lipinski definition) is 2. The van der Waals surface area contributed by atoms with Crippen LogP contribution in [-0.4, -0.2) is 25.7 Å². The first-order chi connectivity index (χ1) is 12.0. The summed E-state index contributed by atoms with van der Waals surface area (Å²) in [7, 11) is 0. The average molecular weight is 357 g/mol. The molecule has 0 atom stereocenters. The second-order valence-corrected chi connectivity index (χ2v) is 6.65. The molecule has 8 heteroatoms. The van der Waals surface area contributed by atoms with Crippen LogP contribution in [0.4, 0.5) is 5.82 Å². The Bertz CT molecular complexity index is 956. The molecule has 0 fully saturated rings. The third-order valence-electron chi connectivity index (χ3n) is 3.81. The van der Waals surface area contributed by atoms with Gasteiger partial charge in [0, 0.05) is 23.7 Å². The Morgan fingerprint density at radius 2 is 2.20 bits per heavy atom. The first-order valence-corrected chi connectivity index (χ1v) is 8.89. The van der Waals surface area contributed by atoms with Crippen LogP contribution >= 0.6 is 11.3 Å². The third kappa shape index (κ3) is 3.53. The van der Waals surface area contributed by atoms with Crippen LogP contribution in [0.15, 0.2) is 28.4 Å². The predicted molar refractivity (Wildman–Crippen MR) is 98.3 cm³/mol. The number of nitrogens with one attached hydrogen (secondary N) is 2. The van der Waals surface area contributed by atoms with Crippen molar-refractivity contribution in [2.75, 3.05) is 5.32 Å². The summed E-state index contributed by atoms with van der Waals surface area (Å²) in [4.78, 5) is 32.2. The molecular formula is C17H19N5O2S. The molecule has 3 heterocycles. The van der Waals surface area contributed by atoms with Crippen LogP contribution in [-0.2, 0) is 4.79 Å². The van der Waals surface area contributed by atoms with Crippen molar-refractivity contribution in [1.29, 1.82) is 0 Å². The fourth-order valence-corrected chi connectivity index (χ4v) is 3.02. The van der Waals surface area contributed by atoms with Gasteiger partial charge < -0.3 is 5.32 Å². The molecule has 0 aromatic carbocycles. The van der Waals surface area contributed by atoms with Gasteiger partial charge in [0.05, 0.1) is 4.88 Å². The Kier molecular flexibility index (Phi) is 4.80. The van der Waals surface area contributed by atoms with E-state index in [0.717, 1.165) is 11.3 Å². The highest BCUT2D eigenvalue weighted by atomic mass is 32.1. The number of thiophene rings is 1. The van der Waals surface area contributed by atoms with Crippen LogP contribution < -0.4 is 10.9 Å². The van der Waals surface area contributed by atoms with Gasteiger partial charge in [0.15, 0.2) is 0 Å². The Balaban J connectivity index is 2.10. The number of carbonyl (C=O) groups is 1. The summed E-state index contributed by atoms with van der Waals surface area (Å²) in [6.07, 6.45) is 1.16. The zero-order valence-corrected chi connectivity index (χ0v) is 15.1. The van der Waals surface area contributed by atoms with Crippen LogP contribution in [0.5, 0.6) is 0 Å². The average Bonchev–Trinajstić information content (AvgIpc) is 3.21. The van der Waals surface area contributed by atoms with Crippen molar-refractivity contribution in [3.05, 3.63) is 45.2 Å². The minimum atomic E-state index is -0.221. The van der Waals surface area contributed by atoms with E-state index in [1.54, 1.807) is 31.3 Å². The van der Waals surface area contributed by atoms with Gasteiger partial charge in [-0.2, -0.15) is 9.78 Å². The molecule has 3 aromatic heterocycles. The Morgan fingerprint density at radius 1 is 1.40 bits per heavy atom. The molecule has 7 nitrogen and oxygen atoms in total. The second-order valence-electron chi connectivity index (χ2n) is 5.70. The van der Waals surface area contributed by atoms with E-state index in [1.165, 1.54) is 4.68 Å². The molecule has 130 valence electrons. The van der Waals surface area contributed by atoms with Crippen molar-refractivity contribution < 1.29 is 4.79 Å². The quantitative estimate of drug-likeness (QED) is 0.734. The van der Waals surface area contributed by atoms with Gasteiger partial charge in [0.2, 0.25) is 11.9 Å². The lowest BCUT2D eigenvalue weighted by molar-refractivity contribution is -0.116. The molecule has 0 aliphatic carbocycles. The molecule has 0 bridgehead atoms. The molecule has 0 radical (unpaired) electrons. The molecule has 0 aliphatic heterocycles. The maximum atomic E-state index is 12.1. The van der Waals surface area contributed by atoms with Crippen molar-refractivity contribution in [3.8, 4) is 16.5 Å². The molecule has 3 rings (SSSR count). The number of aryl methyl sites for hydroxylation is 1. The van der Waals surface area contributed by atoms with Gasteiger partial charge in [-0.1, -0.05) is 13.0 Å². The largest absolute Gasteiger partial charge is 0.310 e.